The summed E-state index contributed by atoms with van der Waals surface area (Å²) in [5.41, 5.74) is 1.10. The molecule has 0 aliphatic heterocycles. The number of carbonyl (C=O) groups excluding carboxylic acids is 4. The average Bonchev–Trinajstić information content (AvgIpc) is 3.28. The van der Waals surface area contributed by atoms with E-state index in [1.807, 2.05) is 0 Å². The van der Waals surface area contributed by atoms with Crippen LogP contribution in [-0.4, -0.2) is 91.8 Å². The maximum atomic E-state index is 14.3. The number of ketones is 2. The quantitative estimate of drug-likeness (QED) is 0.0357. The van der Waals surface area contributed by atoms with Gasteiger partial charge in [-0.05, 0) is 87.3 Å². The van der Waals surface area contributed by atoms with Gasteiger partial charge in [0.15, 0.2) is 11.4 Å². The minimum Gasteiger partial charge on any atom is -1.00 e. The fourth-order valence-corrected chi connectivity index (χ4v) is 14.9. The molecular formula is C51H59ClN3O9P. The fraction of sp³-hybridized carbons (Fsp3) is 0.373. The summed E-state index contributed by atoms with van der Waals surface area (Å²) >= 11 is 0. The summed E-state index contributed by atoms with van der Waals surface area (Å²) in [6, 6.07) is 34.4. The largest absolute Gasteiger partial charge is 1.00 e. The number of hydrogen-bond acceptors (Lipinski definition) is 10. The number of primary amides is 1. The number of aromatic hydroxyl groups is 1. The Labute approximate surface area is 387 Å². The van der Waals surface area contributed by atoms with Crippen LogP contribution in [0.25, 0.3) is 5.76 Å². The monoisotopic (exact) mass is 923 g/mol. The number of rotatable bonds is 17. The number of nitrogens with one attached hydrogen (secondary N) is 1. The molecule has 3 aliphatic rings. The lowest BCUT2D eigenvalue weighted by Crippen LogP contribution is -3.00. The van der Waals surface area contributed by atoms with Gasteiger partial charge >= 0.3 is 0 Å². The summed E-state index contributed by atoms with van der Waals surface area (Å²) in [5, 5.41) is 64.9. The van der Waals surface area contributed by atoms with Crippen LogP contribution in [0, 0.1) is 11.8 Å². The molecule has 0 aromatic heterocycles. The van der Waals surface area contributed by atoms with Gasteiger partial charge in [-0.2, -0.15) is 0 Å². The van der Waals surface area contributed by atoms with Crippen molar-refractivity contribution in [3.63, 3.8) is 0 Å². The molecule has 344 valence electrons. The molecule has 1 fully saturated rings. The Kier molecular flexibility index (Phi) is 15.4. The number of phenols is 1. The van der Waals surface area contributed by atoms with Crippen molar-refractivity contribution in [2.24, 2.45) is 17.6 Å². The molecule has 8 N–H and O–H groups in total. The highest BCUT2D eigenvalue weighted by Crippen LogP contribution is 2.58. The molecule has 1 saturated carbocycles. The van der Waals surface area contributed by atoms with Gasteiger partial charge in [0, 0.05) is 17.9 Å². The number of fused-ring (bicyclic) bond motifs is 3. The van der Waals surface area contributed by atoms with E-state index in [-0.39, 0.29) is 36.0 Å². The van der Waals surface area contributed by atoms with Gasteiger partial charge < -0.3 is 49.0 Å². The minimum absolute atomic E-state index is 0. The van der Waals surface area contributed by atoms with Crippen molar-refractivity contribution >= 4 is 58.0 Å². The third-order valence-electron chi connectivity index (χ3n) is 13.6. The molecule has 0 spiro atoms. The van der Waals surface area contributed by atoms with Crippen molar-refractivity contribution in [3.05, 3.63) is 131 Å². The van der Waals surface area contributed by atoms with Gasteiger partial charge in [0.1, 0.15) is 46.0 Å². The van der Waals surface area contributed by atoms with Crippen LogP contribution in [0.2, 0.25) is 0 Å². The van der Waals surface area contributed by atoms with E-state index in [0.717, 1.165) is 51.1 Å². The molecule has 0 heterocycles. The van der Waals surface area contributed by atoms with E-state index < -0.39 is 88.7 Å². The van der Waals surface area contributed by atoms with Crippen LogP contribution in [0.5, 0.6) is 5.75 Å². The number of phenolic OH excluding ortho intramolecular Hbond substituents is 1. The molecule has 14 heteroatoms. The predicted octanol–water partition coefficient (Wildman–Crippen LogP) is 2.94. The molecule has 0 radical (unpaired) electrons. The van der Waals surface area contributed by atoms with Crippen LogP contribution < -0.4 is 39.4 Å². The van der Waals surface area contributed by atoms with Gasteiger partial charge in [0.2, 0.25) is 11.7 Å². The molecule has 2 amide bonds. The van der Waals surface area contributed by atoms with Crippen molar-refractivity contribution in [2.75, 3.05) is 25.6 Å². The first-order valence-electron chi connectivity index (χ1n) is 22.2. The lowest BCUT2D eigenvalue weighted by molar-refractivity contribution is -0.169. The van der Waals surface area contributed by atoms with Crippen LogP contribution in [0.4, 0.5) is 5.69 Å². The second-order valence-corrected chi connectivity index (χ2v) is 21.3. The highest BCUT2D eigenvalue weighted by molar-refractivity contribution is 7.95. The Morgan fingerprint density at radius 2 is 1.25 bits per heavy atom. The molecule has 0 saturated heterocycles. The van der Waals surface area contributed by atoms with Gasteiger partial charge in [-0.15, -0.1) is 0 Å². The van der Waals surface area contributed by atoms with Gasteiger partial charge in [-0.25, -0.2) is 0 Å². The molecule has 0 bridgehead atoms. The van der Waals surface area contributed by atoms with E-state index in [1.165, 1.54) is 41.0 Å². The molecule has 0 unspecified atom stereocenters. The van der Waals surface area contributed by atoms with Crippen LogP contribution >= 0.6 is 7.26 Å². The first-order chi connectivity index (χ1) is 30.7. The van der Waals surface area contributed by atoms with E-state index in [2.05, 4.69) is 96.3 Å². The lowest BCUT2D eigenvalue weighted by atomic mass is 9.54. The zero-order valence-electron chi connectivity index (χ0n) is 37.0. The molecule has 12 nitrogen and oxygen atoms in total. The Bertz CT molecular complexity index is 2370. The Hall–Kier alpha value is -5.36. The Morgan fingerprint density at radius 3 is 1.74 bits per heavy atom. The predicted molar refractivity (Wildman–Crippen MR) is 251 cm³/mol. The van der Waals surface area contributed by atoms with Crippen LogP contribution in [0.15, 0.2) is 120 Å². The summed E-state index contributed by atoms with van der Waals surface area (Å²) in [4.78, 5) is 54.5. The van der Waals surface area contributed by atoms with E-state index in [0.29, 0.717) is 12.0 Å². The Balaban J connectivity index is 0.00000700. The average molecular weight is 924 g/mol. The number of hydrogen-bond donors (Lipinski definition) is 7. The summed E-state index contributed by atoms with van der Waals surface area (Å²) in [5.74, 6) is -10.1. The summed E-state index contributed by atoms with van der Waals surface area (Å²) in [6.07, 6.45) is 7.63. The number of nitrogens with two attached hydrogens (primary N) is 1. The summed E-state index contributed by atoms with van der Waals surface area (Å²) in [7, 11) is 1.07. The number of aliphatic hydroxyl groups is 4. The lowest BCUT2D eigenvalue weighted by Gasteiger charge is -2.53. The molecule has 3 aliphatic carbocycles. The first kappa shape index (κ1) is 49.1. The summed E-state index contributed by atoms with van der Waals surface area (Å²) in [6.45, 7) is 1.66. The van der Waals surface area contributed by atoms with Gasteiger partial charge in [0.25, 0.3) is 5.91 Å². The van der Waals surface area contributed by atoms with Crippen molar-refractivity contribution in [2.45, 2.75) is 88.4 Å². The zero-order chi connectivity index (χ0) is 45.9. The maximum Gasteiger partial charge on any atom is 0.255 e. The smallest absolute Gasteiger partial charge is 0.255 e. The van der Waals surface area contributed by atoms with Gasteiger partial charge in [0.05, 0.1) is 35.5 Å². The number of benzene rings is 4. The number of halogens is 1. The molecular weight excluding hydrogens is 865 g/mol. The van der Waals surface area contributed by atoms with Gasteiger partial charge in [-0.1, -0.05) is 99.7 Å². The van der Waals surface area contributed by atoms with Crippen LogP contribution in [-0.2, 0) is 19.2 Å². The van der Waals surface area contributed by atoms with E-state index in [1.54, 1.807) is 13.0 Å². The maximum absolute atomic E-state index is 14.3. The number of likely N-dealkylation sites (N-methyl/N-ethyl adjacent to an activating group) is 1. The van der Waals surface area contributed by atoms with Crippen molar-refractivity contribution in [1.82, 2.24) is 4.90 Å². The minimum atomic E-state index is -3.01. The number of nitrogens with zero attached hydrogens (tertiary/aromatic N) is 1. The molecule has 6 atom stereocenters. The van der Waals surface area contributed by atoms with Gasteiger partial charge in [-0.3, -0.25) is 24.1 Å². The van der Waals surface area contributed by atoms with Crippen LogP contribution in [0.3, 0.4) is 0 Å². The number of unbranched alkanes of at least 4 members (excludes halogenated alkanes) is 7. The van der Waals surface area contributed by atoms with Crippen molar-refractivity contribution in [3.8, 4) is 5.75 Å². The zero-order valence-corrected chi connectivity index (χ0v) is 38.6. The SMILES string of the molecule is C[C@H]1c2ccc(NC(=O)CCCCCCCCCC[P+](c3ccccc3)(c3ccccc3)c3ccccc3)c(O)c2C(O)=C2C(=O)[C@]3(O)C(O)=C(C(N)=O)C(=O)[C@@H](N(C)C)[C@@H]3[C@@H](O)[C@@H]21.[Cl-]. The van der Waals surface area contributed by atoms with Crippen molar-refractivity contribution in [1.29, 1.82) is 0 Å². The normalized spacial score (nSPS) is 22.8. The van der Waals surface area contributed by atoms with E-state index in [4.69, 9.17) is 5.73 Å². The fourth-order valence-electron chi connectivity index (χ4n) is 10.5. The topological polar surface area (TPSA) is 211 Å². The molecule has 4 aromatic rings. The Morgan fingerprint density at radius 1 is 0.754 bits per heavy atom. The highest BCUT2D eigenvalue weighted by Gasteiger charge is 2.68. The highest BCUT2D eigenvalue weighted by atomic mass is 35.5. The number of anilines is 1. The number of carbonyl (C=O) groups is 4. The third kappa shape index (κ3) is 8.87. The number of amides is 2. The van der Waals surface area contributed by atoms with Crippen LogP contribution in [0.1, 0.15) is 81.8 Å². The number of Topliss-reactive ketones (excluding diaryl/α,β-unsaturated/α-hetero) is 2. The number of aliphatic hydroxyl groups excluding tert-OH is 3. The van der Waals surface area contributed by atoms with Crippen molar-refractivity contribution < 1.29 is 57.1 Å². The first-order valence-corrected chi connectivity index (χ1v) is 24.2. The standard InChI is InChI=1S/C51H58N3O9P.ClH/c1-31-35-28-29-36(44(56)39(35)45(57)40-38(31)46(58)42-43(54(2)3)47(59)41(50(52)62)49(61)51(42,63)48(40)60)53-37(55)27-19-8-6-4-5-7-9-20-30-64(32-21-13-10-14-22-32,33-23-15-11-16-24-33)34-25-17-12-18-26-34;/h10-18,21-26,28-29,31,38,42-43,46,58,63H,4-9,19-20,27,30H2,1-3H3,(H5-,52,53,55,56,57,59,60,61,62);1H/t31-,38+,42+,43-,46-,51-;/m0./s1. The molecule has 7 rings (SSSR count). The third-order valence-corrected chi connectivity index (χ3v) is 18.2. The second kappa shape index (κ2) is 20.4. The second-order valence-electron chi connectivity index (χ2n) is 17.6. The molecule has 65 heavy (non-hydrogen) atoms. The summed E-state index contributed by atoms with van der Waals surface area (Å²) < 4.78 is 0. The van der Waals surface area contributed by atoms with E-state index in [9.17, 15) is 44.7 Å². The molecule has 4 aromatic carbocycles. The van der Waals surface area contributed by atoms with E-state index >= 15 is 0 Å².